The molecular formula is C16H16O2S. The Labute approximate surface area is 117 Å². The Morgan fingerprint density at radius 2 is 2.21 bits per heavy atom. The van der Waals surface area contributed by atoms with Gasteiger partial charge < -0.3 is 4.74 Å². The van der Waals surface area contributed by atoms with Crippen molar-refractivity contribution in [1.29, 1.82) is 0 Å². The highest BCUT2D eigenvalue weighted by Gasteiger charge is 2.27. The molecule has 0 N–H and O–H groups in total. The van der Waals surface area contributed by atoms with Gasteiger partial charge in [0.05, 0.1) is 7.11 Å². The number of hydrogen-bond acceptors (Lipinski definition) is 3. The largest absolute Gasteiger partial charge is 0.497 e. The fourth-order valence-electron chi connectivity index (χ4n) is 2.74. The Kier molecular flexibility index (Phi) is 3.38. The van der Waals surface area contributed by atoms with Crippen molar-refractivity contribution in [3.05, 3.63) is 51.7 Å². The van der Waals surface area contributed by atoms with Crippen LogP contribution in [-0.2, 0) is 17.6 Å². The molecule has 0 bridgehead atoms. The molecule has 0 aliphatic heterocycles. The number of aryl methyl sites for hydroxylation is 1. The van der Waals surface area contributed by atoms with Crippen LogP contribution in [0.25, 0.3) is 0 Å². The van der Waals surface area contributed by atoms with Crippen LogP contribution in [0.3, 0.4) is 0 Å². The van der Waals surface area contributed by atoms with Crippen molar-refractivity contribution < 1.29 is 9.53 Å². The maximum atomic E-state index is 12.2. The van der Waals surface area contributed by atoms with Crippen LogP contribution in [0.1, 0.15) is 29.0 Å². The molecule has 0 spiro atoms. The van der Waals surface area contributed by atoms with Gasteiger partial charge in [-0.15, -0.1) is 0 Å². The number of rotatable bonds is 3. The summed E-state index contributed by atoms with van der Waals surface area (Å²) < 4.78 is 5.26. The summed E-state index contributed by atoms with van der Waals surface area (Å²) in [5, 5.41) is 4.20. The van der Waals surface area contributed by atoms with E-state index < -0.39 is 0 Å². The summed E-state index contributed by atoms with van der Waals surface area (Å²) >= 11 is 1.69. The lowest BCUT2D eigenvalue weighted by atomic mass is 9.79. The Morgan fingerprint density at radius 3 is 2.95 bits per heavy atom. The second-order valence-electron chi connectivity index (χ2n) is 4.92. The van der Waals surface area contributed by atoms with Crippen LogP contribution < -0.4 is 4.74 Å². The lowest BCUT2D eigenvalue weighted by molar-refractivity contribution is -0.120. The van der Waals surface area contributed by atoms with Crippen LogP contribution in [0.5, 0.6) is 5.75 Å². The molecule has 2 nitrogen and oxygen atoms in total. The highest BCUT2D eigenvalue weighted by molar-refractivity contribution is 7.07. The molecule has 0 saturated carbocycles. The van der Waals surface area contributed by atoms with E-state index in [0.29, 0.717) is 12.2 Å². The zero-order chi connectivity index (χ0) is 13.2. The Bertz CT molecular complexity index is 587. The molecule has 1 heterocycles. The van der Waals surface area contributed by atoms with E-state index >= 15 is 0 Å². The van der Waals surface area contributed by atoms with Gasteiger partial charge in [0.2, 0.25) is 0 Å². The van der Waals surface area contributed by atoms with E-state index in [-0.39, 0.29) is 5.92 Å². The molecule has 0 radical (unpaired) electrons. The molecule has 2 aromatic rings. The molecule has 1 aliphatic carbocycles. The Balaban J connectivity index is 1.94. The molecule has 1 atom stereocenters. The van der Waals surface area contributed by atoms with Crippen molar-refractivity contribution in [3.63, 3.8) is 0 Å². The van der Waals surface area contributed by atoms with Crippen molar-refractivity contribution in [1.82, 2.24) is 0 Å². The number of carbonyl (C=O) groups excluding carboxylic acids is 1. The van der Waals surface area contributed by atoms with Gasteiger partial charge in [0, 0.05) is 12.3 Å². The van der Waals surface area contributed by atoms with E-state index in [1.807, 2.05) is 6.07 Å². The fraction of sp³-hybridized carbons (Fsp3) is 0.312. The summed E-state index contributed by atoms with van der Waals surface area (Å²) in [6, 6.07) is 8.19. The molecule has 1 aromatic carbocycles. The molecular weight excluding hydrogens is 256 g/mol. The lowest BCUT2D eigenvalue weighted by Crippen LogP contribution is -2.22. The molecule has 98 valence electrons. The van der Waals surface area contributed by atoms with Crippen LogP contribution in [0.15, 0.2) is 35.0 Å². The van der Waals surface area contributed by atoms with Crippen molar-refractivity contribution in [3.8, 4) is 5.75 Å². The molecule has 3 rings (SSSR count). The first-order valence-electron chi connectivity index (χ1n) is 6.48. The minimum Gasteiger partial charge on any atom is -0.497 e. The second-order valence-corrected chi connectivity index (χ2v) is 5.70. The van der Waals surface area contributed by atoms with Gasteiger partial charge in [-0.2, -0.15) is 11.3 Å². The maximum Gasteiger partial charge on any atom is 0.141 e. The first-order chi connectivity index (χ1) is 9.28. The summed E-state index contributed by atoms with van der Waals surface area (Å²) in [6.45, 7) is 0. The highest BCUT2D eigenvalue weighted by atomic mass is 32.1. The van der Waals surface area contributed by atoms with Crippen LogP contribution in [-0.4, -0.2) is 12.9 Å². The van der Waals surface area contributed by atoms with Gasteiger partial charge in [-0.3, -0.25) is 4.79 Å². The Hall–Kier alpha value is -1.61. The van der Waals surface area contributed by atoms with E-state index in [9.17, 15) is 4.79 Å². The standard InChI is InChI=1S/C16H16O2S/c1-18-13-3-4-14-12(9-13)2-5-16(17)15(14)8-11-6-7-19-10-11/h3-4,6-7,9-10,15H,2,5,8H2,1H3. The van der Waals surface area contributed by atoms with E-state index in [0.717, 1.165) is 18.6 Å². The number of benzene rings is 1. The molecule has 3 heteroatoms. The first-order valence-corrected chi connectivity index (χ1v) is 7.43. The van der Waals surface area contributed by atoms with Gasteiger partial charge in [-0.25, -0.2) is 0 Å². The van der Waals surface area contributed by atoms with Gasteiger partial charge in [0.25, 0.3) is 0 Å². The monoisotopic (exact) mass is 272 g/mol. The van der Waals surface area contributed by atoms with Gasteiger partial charge >= 0.3 is 0 Å². The minimum absolute atomic E-state index is 0.0178. The first kappa shape index (κ1) is 12.4. The molecule has 0 amide bonds. The van der Waals surface area contributed by atoms with Gasteiger partial charge in [-0.1, -0.05) is 6.07 Å². The molecule has 0 fully saturated rings. The minimum atomic E-state index is 0.0178. The summed E-state index contributed by atoms with van der Waals surface area (Å²) in [5.41, 5.74) is 3.70. The maximum absolute atomic E-state index is 12.2. The summed E-state index contributed by atoms with van der Waals surface area (Å²) in [5.74, 6) is 1.26. The molecule has 1 aliphatic rings. The third-order valence-electron chi connectivity index (χ3n) is 3.77. The molecule has 1 unspecified atom stereocenters. The van der Waals surface area contributed by atoms with Crippen molar-refractivity contribution in [2.24, 2.45) is 0 Å². The van der Waals surface area contributed by atoms with E-state index in [4.69, 9.17) is 4.74 Å². The van der Waals surface area contributed by atoms with E-state index in [1.54, 1.807) is 18.4 Å². The zero-order valence-corrected chi connectivity index (χ0v) is 11.7. The number of carbonyl (C=O) groups is 1. The topological polar surface area (TPSA) is 26.3 Å². The van der Waals surface area contributed by atoms with Crippen LogP contribution >= 0.6 is 11.3 Å². The average molecular weight is 272 g/mol. The molecule has 0 saturated heterocycles. The van der Waals surface area contributed by atoms with E-state index in [2.05, 4.69) is 29.0 Å². The third-order valence-corrected chi connectivity index (χ3v) is 4.51. The van der Waals surface area contributed by atoms with Crippen molar-refractivity contribution in [2.45, 2.75) is 25.2 Å². The van der Waals surface area contributed by atoms with Gasteiger partial charge in [0.15, 0.2) is 0 Å². The van der Waals surface area contributed by atoms with Gasteiger partial charge in [0.1, 0.15) is 11.5 Å². The van der Waals surface area contributed by atoms with E-state index in [1.165, 1.54) is 16.7 Å². The van der Waals surface area contributed by atoms with Crippen LogP contribution in [0.4, 0.5) is 0 Å². The van der Waals surface area contributed by atoms with Crippen LogP contribution in [0.2, 0.25) is 0 Å². The average Bonchev–Trinajstić information content (AvgIpc) is 2.94. The smallest absolute Gasteiger partial charge is 0.141 e. The predicted octanol–water partition coefficient (Wildman–Crippen LogP) is 3.60. The normalized spacial score (nSPS) is 18.2. The molecule has 19 heavy (non-hydrogen) atoms. The molecule has 1 aromatic heterocycles. The van der Waals surface area contributed by atoms with Crippen LogP contribution in [0, 0.1) is 0 Å². The predicted molar refractivity (Wildman–Crippen MR) is 77.1 cm³/mol. The number of fused-ring (bicyclic) bond motifs is 1. The summed E-state index contributed by atoms with van der Waals surface area (Å²) in [7, 11) is 1.68. The van der Waals surface area contributed by atoms with Gasteiger partial charge in [-0.05, 0) is 58.5 Å². The quantitative estimate of drug-likeness (QED) is 0.853. The number of ketones is 1. The van der Waals surface area contributed by atoms with Crippen molar-refractivity contribution >= 4 is 17.1 Å². The summed E-state index contributed by atoms with van der Waals surface area (Å²) in [6.07, 6.45) is 2.31. The SMILES string of the molecule is COc1ccc2c(c1)CCC(=O)C2Cc1ccsc1. The second kappa shape index (κ2) is 5.17. The number of ether oxygens (including phenoxy) is 1. The zero-order valence-electron chi connectivity index (χ0n) is 10.9. The number of thiophene rings is 1. The highest BCUT2D eigenvalue weighted by Crippen LogP contribution is 2.34. The van der Waals surface area contributed by atoms with Crippen molar-refractivity contribution in [2.75, 3.05) is 7.11 Å². The lowest BCUT2D eigenvalue weighted by Gasteiger charge is -2.24. The number of Topliss-reactive ketones (excluding diaryl/α,β-unsaturated/α-hetero) is 1. The summed E-state index contributed by atoms with van der Waals surface area (Å²) in [4.78, 5) is 12.2. The number of hydrogen-bond donors (Lipinski definition) is 0. The third kappa shape index (κ3) is 2.43. The Morgan fingerprint density at radius 1 is 1.32 bits per heavy atom. The fourth-order valence-corrected chi connectivity index (χ4v) is 3.42. The number of methoxy groups -OCH3 is 1.